The third-order valence-corrected chi connectivity index (χ3v) is 1.78. The first-order valence-corrected chi connectivity index (χ1v) is 3.75. The summed E-state index contributed by atoms with van der Waals surface area (Å²) in [6.45, 7) is 1.86. The molecule has 0 spiro atoms. The Balaban J connectivity index is 2.86. The zero-order valence-electron chi connectivity index (χ0n) is 6.78. The van der Waals surface area contributed by atoms with Gasteiger partial charge in [0.05, 0.1) is 5.52 Å². The Kier molecular flexibility index (Phi) is 1.43. The van der Waals surface area contributed by atoms with Gasteiger partial charge in [-0.1, -0.05) is 6.07 Å². The SMILES string of the molecule is Cc1ncc2c(N)cccc2n1. The molecule has 0 fully saturated rings. The average molecular weight is 159 g/mol. The number of aromatic nitrogens is 2. The van der Waals surface area contributed by atoms with Gasteiger partial charge >= 0.3 is 0 Å². The van der Waals surface area contributed by atoms with E-state index in [1.54, 1.807) is 6.20 Å². The van der Waals surface area contributed by atoms with E-state index in [-0.39, 0.29) is 0 Å². The maximum absolute atomic E-state index is 5.73. The Morgan fingerprint density at radius 1 is 1.33 bits per heavy atom. The Bertz CT molecular complexity index is 423. The van der Waals surface area contributed by atoms with Crippen LogP contribution in [-0.2, 0) is 0 Å². The van der Waals surface area contributed by atoms with Crippen LogP contribution in [0.5, 0.6) is 0 Å². The zero-order chi connectivity index (χ0) is 8.55. The molecule has 0 aliphatic carbocycles. The maximum atomic E-state index is 5.73. The van der Waals surface area contributed by atoms with E-state index in [2.05, 4.69) is 9.97 Å². The van der Waals surface area contributed by atoms with Crippen molar-refractivity contribution in [3.63, 3.8) is 0 Å². The first kappa shape index (κ1) is 7.03. The summed E-state index contributed by atoms with van der Waals surface area (Å²) in [5, 5.41) is 0.920. The first-order chi connectivity index (χ1) is 5.77. The fourth-order valence-electron chi connectivity index (χ4n) is 1.17. The van der Waals surface area contributed by atoms with Gasteiger partial charge in [0.15, 0.2) is 0 Å². The standard InChI is InChI=1S/C9H9N3/c1-6-11-5-7-8(10)3-2-4-9(7)12-6/h2-5H,10H2,1H3. The van der Waals surface area contributed by atoms with Gasteiger partial charge in [0.1, 0.15) is 5.82 Å². The number of fused-ring (bicyclic) bond motifs is 1. The van der Waals surface area contributed by atoms with Crippen LogP contribution in [0, 0.1) is 6.92 Å². The van der Waals surface area contributed by atoms with E-state index in [1.165, 1.54) is 0 Å². The molecule has 2 aromatic rings. The van der Waals surface area contributed by atoms with E-state index in [0.717, 1.165) is 22.4 Å². The Morgan fingerprint density at radius 2 is 2.17 bits per heavy atom. The number of nitrogen functional groups attached to an aromatic ring is 1. The highest BCUT2D eigenvalue weighted by molar-refractivity contribution is 5.89. The molecule has 1 heterocycles. The highest BCUT2D eigenvalue weighted by Gasteiger charge is 1.97. The van der Waals surface area contributed by atoms with E-state index in [9.17, 15) is 0 Å². The van der Waals surface area contributed by atoms with Crippen LogP contribution in [0.15, 0.2) is 24.4 Å². The number of hydrogen-bond acceptors (Lipinski definition) is 3. The summed E-state index contributed by atoms with van der Waals surface area (Å²) >= 11 is 0. The zero-order valence-corrected chi connectivity index (χ0v) is 6.78. The van der Waals surface area contributed by atoms with Gasteiger partial charge in [-0.25, -0.2) is 9.97 Å². The molecule has 12 heavy (non-hydrogen) atoms. The minimum Gasteiger partial charge on any atom is -0.398 e. The second-order valence-corrected chi connectivity index (χ2v) is 2.70. The highest BCUT2D eigenvalue weighted by Crippen LogP contribution is 2.17. The van der Waals surface area contributed by atoms with E-state index in [4.69, 9.17) is 5.73 Å². The van der Waals surface area contributed by atoms with Crippen LogP contribution in [0.4, 0.5) is 5.69 Å². The molecule has 2 rings (SSSR count). The van der Waals surface area contributed by atoms with Crippen molar-refractivity contribution in [2.45, 2.75) is 6.92 Å². The van der Waals surface area contributed by atoms with Crippen molar-refractivity contribution in [1.29, 1.82) is 0 Å². The summed E-state index contributed by atoms with van der Waals surface area (Å²) in [7, 11) is 0. The number of nitrogens with zero attached hydrogens (tertiary/aromatic N) is 2. The lowest BCUT2D eigenvalue weighted by Crippen LogP contribution is -1.91. The average Bonchev–Trinajstić information content (AvgIpc) is 2.04. The Labute approximate surface area is 70.3 Å². The summed E-state index contributed by atoms with van der Waals surface area (Å²) in [4.78, 5) is 8.32. The fraction of sp³-hybridized carbons (Fsp3) is 0.111. The first-order valence-electron chi connectivity index (χ1n) is 3.75. The normalized spacial score (nSPS) is 10.4. The van der Waals surface area contributed by atoms with Crippen molar-refractivity contribution in [3.8, 4) is 0 Å². The van der Waals surface area contributed by atoms with Crippen LogP contribution in [0.25, 0.3) is 10.9 Å². The van der Waals surface area contributed by atoms with E-state index in [1.807, 2.05) is 25.1 Å². The summed E-state index contributed by atoms with van der Waals surface area (Å²) < 4.78 is 0. The Hall–Kier alpha value is -1.64. The lowest BCUT2D eigenvalue weighted by Gasteiger charge is -1.99. The maximum Gasteiger partial charge on any atom is 0.125 e. The van der Waals surface area contributed by atoms with Crippen molar-refractivity contribution >= 4 is 16.6 Å². The quantitative estimate of drug-likeness (QED) is 0.593. The second kappa shape index (κ2) is 2.44. The molecule has 0 aliphatic rings. The minimum atomic E-state index is 0.729. The minimum absolute atomic E-state index is 0.729. The number of rotatable bonds is 0. The van der Waals surface area contributed by atoms with Gasteiger partial charge < -0.3 is 5.73 Å². The van der Waals surface area contributed by atoms with Crippen LogP contribution < -0.4 is 5.73 Å². The topological polar surface area (TPSA) is 51.8 Å². The van der Waals surface area contributed by atoms with Gasteiger partial charge in [0, 0.05) is 17.3 Å². The van der Waals surface area contributed by atoms with Crippen LogP contribution in [0.2, 0.25) is 0 Å². The Morgan fingerprint density at radius 3 is 3.00 bits per heavy atom. The molecular weight excluding hydrogens is 150 g/mol. The predicted octanol–water partition coefficient (Wildman–Crippen LogP) is 1.52. The van der Waals surface area contributed by atoms with Gasteiger partial charge in [-0.15, -0.1) is 0 Å². The van der Waals surface area contributed by atoms with Crippen LogP contribution in [0.1, 0.15) is 5.82 Å². The molecule has 0 unspecified atom stereocenters. The van der Waals surface area contributed by atoms with E-state index < -0.39 is 0 Å². The smallest absolute Gasteiger partial charge is 0.125 e. The van der Waals surface area contributed by atoms with Crippen LogP contribution in [0.3, 0.4) is 0 Å². The lowest BCUT2D eigenvalue weighted by molar-refractivity contribution is 1.09. The molecule has 2 N–H and O–H groups in total. The van der Waals surface area contributed by atoms with Gasteiger partial charge in [-0.2, -0.15) is 0 Å². The molecule has 60 valence electrons. The molecule has 1 aromatic carbocycles. The summed E-state index contributed by atoms with van der Waals surface area (Å²) in [6.07, 6.45) is 1.76. The monoisotopic (exact) mass is 159 g/mol. The summed E-state index contributed by atoms with van der Waals surface area (Å²) in [5.74, 6) is 0.771. The number of benzene rings is 1. The molecule has 1 aromatic heterocycles. The molecule has 0 amide bonds. The van der Waals surface area contributed by atoms with E-state index in [0.29, 0.717) is 0 Å². The molecule has 0 saturated heterocycles. The van der Waals surface area contributed by atoms with Crippen LogP contribution >= 0.6 is 0 Å². The summed E-state index contributed by atoms with van der Waals surface area (Å²) in [6, 6.07) is 5.67. The molecule has 3 nitrogen and oxygen atoms in total. The van der Waals surface area contributed by atoms with Gasteiger partial charge in [0.25, 0.3) is 0 Å². The predicted molar refractivity (Wildman–Crippen MR) is 48.7 cm³/mol. The molecule has 0 saturated carbocycles. The molecule has 0 radical (unpaired) electrons. The molecular formula is C9H9N3. The number of nitrogens with two attached hydrogens (primary N) is 1. The molecule has 0 atom stereocenters. The number of hydrogen-bond donors (Lipinski definition) is 1. The molecule has 0 aliphatic heterocycles. The van der Waals surface area contributed by atoms with Gasteiger partial charge in [-0.05, 0) is 19.1 Å². The largest absolute Gasteiger partial charge is 0.398 e. The highest BCUT2D eigenvalue weighted by atomic mass is 14.9. The van der Waals surface area contributed by atoms with Crippen molar-refractivity contribution in [2.24, 2.45) is 0 Å². The third-order valence-electron chi connectivity index (χ3n) is 1.78. The summed E-state index contributed by atoms with van der Waals surface area (Å²) in [5.41, 5.74) is 7.36. The van der Waals surface area contributed by atoms with Crippen LogP contribution in [-0.4, -0.2) is 9.97 Å². The molecule has 0 bridgehead atoms. The number of aryl methyl sites for hydroxylation is 1. The third kappa shape index (κ3) is 0.993. The number of anilines is 1. The van der Waals surface area contributed by atoms with Crippen molar-refractivity contribution in [1.82, 2.24) is 9.97 Å². The van der Waals surface area contributed by atoms with Crippen molar-refractivity contribution < 1.29 is 0 Å². The van der Waals surface area contributed by atoms with Crippen molar-refractivity contribution in [3.05, 3.63) is 30.2 Å². The second-order valence-electron chi connectivity index (χ2n) is 2.70. The van der Waals surface area contributed by atoms with Gasteiger partial charge in [-0.3, -0.25) is 0 Å². The fourth-order valence-corrected chi connectivity index (χ4v) is 1.17. The molecule has 3 heteroatoms. The lowest BCUT2D eigenvalue weighted by atomic mass is 10.2. The van der Waals surface area contributed by atoms with E-state index >= 15 is 0 Å². The van der Waals surface area contributed by atoms with Crippen molar-refractivity contribution in [2.75, 3.05) is 5.73 Å². The van der Waals surface area contributed by atoms with Gasteiger partial charge in [0.2, 0.25) is 0 Å².